The van der Waals surface area contributed by atoms with Gasteiger partial charge in [0.1, 0.15) is 0 Å². The highest BCUT2D eigenvalue weighted by Gasteiger charge is 2.24. The first-order valence-electron chi connectivity index (χ1n) is 6.07. The number of rotatable bonds is 2. The van der Waals surface area contributed by atoms with Gasteiger partial charge in [0.15, 0.2) is 0 Å². The number of ether oxygens (including phenoxy) is 1. The molecule has 0 fully saturated rings. The second kappa shape index (κ2) is 4.41. The van der Waals surface area contributed by atoms with E-state index in [9.17, 15) is 0 Å². The van der Waals surface area contributed by atoms with Crippen molar-refractivity contribution in [3.05, 3.63) is 34.2 Å². The number of likely N-dealkylation sites (N-methyl/N-ethyl adjacent to an activating group) is 1. The molecule has 1 atom stereocenters. The Labute approximate surface area is 106 Å². The maximum absolute atomic E-state index is 5.90. The predicted molar refractivity (Wildman–Crippen MR) is 72.9 cm³/mol. The fourth-order valence-electron chi connectivity index (χ4n) is 2.54. The normalized spacial score (nSPS) is 19.5. The minimum Gasteiger partial charge on any atom is -0.372 e. The summed E-state index contributed by atoms with van der Waals surface area (Å²) in [6, 6.07) is 6.73. The van der Waals surface area contributed by atoms with E-state index in [0.29, 0.717) is 0 Å². The summed E-state index contributed by atoms with van der Waals surface area (Å²) in [6.45, 7) is 3.90. The molecular formula is C14H17NOS. The van der Waals surface area contributed by atoms with E-state index in [1.165, 1.54) is 26.1 Å². The Morgan fingerprint density at radius 3 is 3.18 bits per heavy atom. The van der Waals surface area contributed by atoms with E-state index in [4.69, 9.17) is 4.74 Å². The Morgan fingerprint density at radius 2 is 2.35 bits per heavy atom. The summed E-state index contributed by atoms with van der Waals surface area (Å²) in [5, 5.41) is 4.62. The number of thiophene rings is 1. The molecule has 2 aromatic rings. The van der Waals surface area contributed by atoms with E-state index < -0.39 is 0 Å². The molecule has 3 heteroatoms. The third kappa shape index (κ3) is 1.88. The summed E-state index contributed by atoms with van der Waals surface area (Å²) in [5.41, 5.74) is 2.75. The lowest BCUT2D eigenvalue weighted by molar-refractivity contribution is 0.0462. The second-order valence-corrected chi connectivity index (χ2v) is 5.74. The summed E-state index contributed by atoms with van der Waals surface area (Å²) in [7, 11) is 1.98. The zero-order valence-electron chi connectivity index (χ0n) is 10.2. The fourth-order valence-corrected chi connectivity index (χ4v) is 3.76. The molecule has 17 heavy (non-hydrogen) atoms. The molecule has 0 bridgehead atoms. The van der Waals surface area contributed by atoms with Crippen LogP contribution < -0.4 is 5.32 Å². The van der Waals surface area contributed by atoms with Gasteiger partial charge in [0.2, 0.25) is 0 Å². The van der Waals surface area contributed by atoms with Crippen molar-refractivity contribution in [2.75, 3.05) is 20.2 Å². The molecule has 0 radical (unpaired) electrons. The molecule has 1 unspecified atom stereocenters. The Bertz CT molecular complexity index is 546. The summed E-state index contributed by atoms with van der Waals surface area (Å²) in [6.07, 6.45) is 1.29. The van der Waals surface area contributed by atoms with Crippen molar-refractivity contribution in [3.63, 3.8) is 0 Å². The average Bonchev–Trinajstić information content (AvgIpc) is 2.68. The highest BCUT2D eigenvalue weighted by Crippen LogP contribution is 2.39. The molecule has 1 aromatic heterocycles. The number of aryl methyl sites for hydroxylation is 1. The SMILES string of the molecule is CNCC1OCCc2sc3ccc(C)cc3c21. The first kappa shape index (κ1) is 11.2. The van der Waals surface area contributed by atoms with Crippen LogP contribution in [0.25, 0.3) is 10.1 Å². The molecule has 2 heterocycles. The minimum atomic E-state index is 0.222. The van der Waals surface area contributed by atoms with Gasteiger partial charge < -0.3 is 10.1 Å². The molecule has 0 saturated heterocycles. The largest absolute Gasteiger partial charge is 0.372 e. The first-order chi connectivity index (χ1) is 8.29. The number of hydrogen-bond acceptors (Lipinski definition) is 3. The molecule has 0 spiro atoms. The third-order valence-electron chi connectivity index (χ3n) is 3.32. The maximum atomic E-state index is 5.90. The molecule has 1 aromatic carbocycles. The van der Waals surface area contributed by atoms with Crippen molar-refractivity contribution >= 4 is 21.4 Å². The fraction of sp³-hybridized carbons (Fsp3) is 0.429. The molecule has 2 nitrogen and oxygen atoms in total. The average molecular weight is 247 g/mol. The highest BCUT2D eigenvalue weighted by molar-refractivity contribution is 7.19. The van der Waals surface area contributed by atoms with Crippen LogP contribution in [0, 0.1) is 6.92 Å². The molecule has 0 saturated carbocycles. The molecule has 0 amide bonds. The van der Waals surface area contributed by atoms with Gasteiger partial charge in [-0.05, 0) is 25.4 Å². The lowest BCUT2D eigenvalue weighted by Gasteiger charge is -2.23. The Morgan fingerprint density at radius 1 is 1.47 bits per heavy atom. The van der Waals surface area contributed by atoms with Crippen molar-refractivity contribution in [2.24, 2.45) is 0 Å². The van der Waals surface area contributed by atoms with Crippen molar-refractivity contribution in [1.29, 1.82) is 0 Å². The van der Waals surface area contributed by atoms with Crippen LogP contribution in [0.3, 0.4) is 0 Å². The summed E-state index contributed by atoms with van der Waals surface area (Å²) in [5.74, 6) is 0. The zero-order chi connectivity index (χ0) is 11.8. The van der Waals surface area contributed by atoms with Gasteiger partial charge >= 0.3 is 0 Å². The van der Waals surface area contributed by atoms with Crippen LogP contribution in [-0.4, -0.2) is 20.2 Å². The zero-order valence-corrected chi connectivity index (χ0v) is 11.1. The van der Waals surface area contributed by atoms with Crippen LogP contribution in [0.15, 0.2) is 18.2 Å². The molecule has 3 rings (SSSR count). The molecular weight excluding hydrogens is 230 g/mol. The van der Waals surface area contributed by atoms with Gasteiger partial charge in [-0.1, -0.05) is 17.7 Å². The number of benzene rings is 1. The predicted octanol–water partition coefficient (Wildman–Crippen LogP) is 3.04. The minimum absolute atomic E-state index is 0.222. The lowest BCUT2D eigenvalue weighted by atomic mass is 10.0. The summed E-state index contributed by atoms with van der Waals surface area (Å²) in [4.78, 5) is 1.51. The topological polar surface area (TPSA) is 21.3 Å². The molecule has 1 aliphatic heterocycles. The van der Waals surface area contributed by atoms with Gasteiger partial charge in [-0.2, -0.15) is 0 Å². The molecule has 0 aliphatic carbocycles. The van der Waals surface area contributed by atoms with Crippen molar-refractivity contribution in [2.45, 2.75) is 19.4 Å². The van der Waals surface area contributed by atoms with E-state index >= 15 is 0 Å². The summed E-state index contributed by atoms with van der Waals surface area (Å²) >= 11 is 1.93. The number of nitrogens with one attached hydrogen (secondary N) is 1. The quantitative estimate of drug-likeness (QED) is 0.880. The third-order valence-corrected chi connectivity index (χ3v) is 4.56. The number of fused-ring (bicyclic) bond motifs is 3. The van der Waals surface area contributed by atoms with E-state index in [2.05, 4.69) is 30.4 Å². The Hall–Kier alpha value is -0.900. The van der Waals surface area contributed by atoms with Gasteiger partial charge in [0.05, 0.1) is 12.7 Å². The number of hydrogen-bond donors (Lipinski definition) is 1. The van der Waals surface area contributed by atoms with E-state index in [-0.39, 0.29) is 6.10 Å². The van der Waals surface area contributed by atoms with Gasteiger partial charge in [-0.3, -0.25) is 0 Å². The van der Waals surface area contributed by atoms with E-state index in [1.54, 1.807) is 0 Å². The van der Waals surface area contributed by atoms with Gasteiger partial charge in [0.25, 0.3) is 0 Å². The van der Waals surface area contributed by atoms with Crippen molar-refractivity contribution in [1.82, 2.24) is 5.32 Å². The first-order valence-corrected chi connectivity index (χ1v) is 6.89. The van der Waals surface area contributed by atoms with E-state index in [1.807, 2.05) is 18.4 Å². The second-order valence-electron chi connectivity index (χ2n) is 4.61. The maximum Gasteiger partial charge on any atom is 0.0965 e. The van der Waals surface area contributed by atoms with E-state index in [0.717, 1.165) is 19.6 Å². The molecule has 1 aliphatic rings. The van der Waals surface area contributed by atoms with Gasteiger partial charge in [-0.25, -0.2) is 0 Å². The van der Waals surface area contributed by atoms with Gasteiger partial charge in [-0.15, -0.1) is 11.3 Å². The van der Waals surface area contributed by atoms with Crippen molar-refractivity contribution < 1.29 is 4.74 Å². The van der Waals surface area contributed by atoms with Crippen LogP contribution in [0.1, 0.15) is 22.1 Å². The highest BCUT2D eigenvalue weighted by atomic mass is 32.1. The smallest absolute Gasteiger partial charge is 0.0965 e. The van der Waals surface area contributed by atoms with Crippen molar-refractivity contribution in [3.8, 4) is 0 Å². The van der Waals surface area contributed by atoms with Crippen LogP contribution >= 0.6 is 11.3 Å². The monoisotopic (exact) mass is 247 g/mol. The van der Waals surface area contributed by atoms with Crippen LogP contribution in [-0.2, 0) is 11.2 Å². The Balaban J connectivity index is 2.18. The van der Waals surface area contributed by atoms with Gasteiger partial charge in [0, 0.05) is 28.1 Å². The van der Waals surface area contributed by atoms with Crippen LogP contribution in [0.5, 0.6) is 0 Å². The lowest BCUT2D eigenvalue weighted by Crippen LogP contribution is -2.24. The standard InChI is InChI=1S/C14H17NOS/c1-9-3-4-12-10(7-9)14-11(8-15-2)16-6-5-13(14)17-12/h3-4,7,11,15H,5-6,8H2,1-2H3. The molecule has 1 N–H and O–H groups in total. The van der Waals surface area contributed by atoms with Crippen LogP contribution in [0.2, 0.25) is 0 Å². The molecule has 90 valence electrons. The summed E-state index contributed by atoms with van der Waals surface area (Å²) < 4.78 is 7.29. The van der Waals surface area contributed by atoms with Crippen LogP contribution in [0.4, 0.5) is 0 Å². The Kier molecular flexibility index (Phi) is 2.90.